The van der Waals surface area contributed by atoms with E-state index in [2.05, 4.69) is 15.6 Å². The molecular formula is C18H18N4O2. The van der Waals surface area contributed by atoms with Crippen LogP contribution in [0.15, 0.2) is 42.6 Å². The minimum Gasteiger partial charge on any atom is -0.439 e. The summed E-state index contributed by atoms with van der Waals surface area (Å²) in [5.74, 6) is 1.01. The summed E-state index contributed by atoms with van der Waals surface area (Å²) in [7, 11) is 0. The van der Waals surface area contributed by atoms with Crippen molar-refractivity contribution < 1.29 is 9.53 Å². The Labute approximate surface area is 140 Å². The molecule has 1 saturated carbocycles. The first-order valence-electron chi connectivity index (χ1n) is 7.85. The fourth-order valence-corrected chi connectivity index (χ4v) is 2.15. The minimum absolute atomic E-state index is 0.00224. The van der Waals surface area contributed by atoms with E-state index in [1.807, 2.05) is 25.1 Å². The number of ether oxygens (including phenoxy) is 1. The maximum atomic E-state index is 12.0. The normalized spacial score (nSPS) is 14.3. The van der Waals surface area contributed by atoms with E-state index in [1.165, 1.54) is 6.20 Å². The van der Waals surface area contributed by atoms with Crippen molar-refractivity contribution in [1.82, 2.24) is 10.3 Å². The summed E-state index contributed by atoms with van der Waals surface area (Å²) in [5, 5.41) is 14.9. The number of aromatic nitrogens is 1. The highest BCUT2D eigenvalue weighted by atomic mass is 16.5. The second-order valence-electron chi connectivity index (χ2n) is 5.78. The van der Waals surface area contributed by atoms with Crippen LogP contribution in [0, 0.1) is 11.3 Å². The van der Waals surface area contributed by atoms with Gasteiger partial charge in [-0.25, -0.2) is 4.98 Å². The van der Waals surface area contributed by atoms with E-state index in [-0.39, 0.29) is 11.9 Å². The molecule has 2 N–H and O–H groups in total. The van der Waals surface area contributed by atoms with Gasteiger partial charge in [-0.05, 0) is 38.0 Å². The van der Waals surface area contributed by atoms with E-state index >= 15 is 0 Å². The number of nitrogens with one attached hydrogen (secondary N) is 2. The third kappa shape index (κ3) is 4.23. The topological polar surface area (TPSA) is 87.0 Å². The van der Waals surface area contributed by atoms with E-state index in [1.54, 1.807) is 24.3 Å². The molecule has 0 spiro atoms. The second-order valence-corrected chi connectivity index (χ2v) is 5.78. The van der Waals surface area contributed by atoms with Crippen molar-refractivity contribution in [2.24, 2.45) is 0 Å². The number of amides is 1. The summed E-state index contributed by atoms with van der Waals surface area (Å²) >= 11 is 0. The van der Waals surface area contributed by atoms with Crippen molar-refractivity contribution in [1.29, 1.82) is 5.26 Å². The lowest BCUT2D eigenvalue weighted by Gasteiger charge is -2.15. The summed E-state index contributed by atoms with van der Waals surface area (Å²) in [5.41, 5.74) is 1.27. The lowest BCUT2D eigenvalue weighted by atomic mass is 10.2. The first-order chi connectivity index (χ1) is 11.6. The van der Waals surface area contributed by atoms with Gasteiger partial charge in [-0.1, -0.05) is 6.07 Å². The number of carbonyl (C=O) groups excluding carboxylic acids is 1. The van der Waals surface area contributed by atoms with Crippen LogP contribution >= 0.6 is 0 Å². The van der Waals surface area contributed by atoms with Crippen LogP contribution in [0.3, 0.4) is 0 Å². The summed E-state index contributed by atoms with van der Waals surface area (Å²) in [6, 6.07) is 12.7. The number of pyridine rings is 1. The van der Waals surface area contributed by atoms with E-state index in [0.29, 0.717) is 23.2 Å². The summed E-state index contributed by atoms with van der Waals surface area (Å²) in [6.45, 7) is 1.83. The van der Waals surface area contributed by atoms with Crippen LogP contribution in [0.5, 0.6) is 11.6 Å². The monoisotopic (exact) mass is 322 g/mol. The molecule has 122 valence electrons. The number of hydrogen-bond donors (Lipinski definition) is 2. The van der Waals surface area contributed by atoms with E-state index in [4.69, 9.17) is 10.00 Å². The zero-order valence-electron chi connectivity index (χ0n) is 13.3. The Morgan fingerprint density at radius 3 is 2.88 bits per heavy atom. The molecular weight excluding hydrogens is 304 g/mol. The van der Waals surface area contributed by atoms with Crippen LogP contribution in [0.2, 0.25) is 0 Å². The number of hydrogen-bond acceptors (Lipinski definition) is 5. The average Bonchev–Trinajstić information content (AvgIpc) is 3.40. The fourth-order valence-electron chi connectivity index (χ4n) is 2.15. The van der Waals surface area contributed by atoms with Gasteiger partial charge in [0.2, 0.25) is 11.8 Å². The van der Waals surface area contributed by atoms with Crippen LogP contribution in [0.1, 0.15) is 25.3 Å². The largest absolute Gasteiger partial charge is 0.439 e. The van der Waals surface area contributed by atoms with Crippen LogP contribution in [0.25, 0.3) is 0 Å². The molecule has 1 aromatic carbocycles. The zero-order valence-corrected chi connectivity index (χ0v) is 13.3. The Hall–Kier alpha value is -3.07. The van der Waals surface area contributed by atoms with E-state index < -0.39 is 0 Å². The average molecular weight is 322 g/mol. The minimum atomic E-state index is -0.325. The molecule has 0 aliphatic heterocycles. The molecule has 6 heteroatoms. The van der Waals surface area contributed by atoms with Crippen molar-refractivity contribution >= 4 is 11.6 Å². The number of benzene rings is 1. The predicted octanol–water partition coefficient (Wildman–Crippen LogP) is 2.82. The molecule has 0 bridgehead atoms. The third-order valence-corrected chi connectivity index (χ3v) is 3.62. The van der Waals surface area contributed by atoms with Gasteiger partial charge in [0, 0.05) is 30.1 Å². The lowest BCUT2D eigenvalue weighted by Crippen LogP contribution is -2.38. The maximum Gasteiger partial charge on any atom is 0.242 e. The highest BCUT2D eigenvalue weighted by Crippen LogP contribution is 2.23. The summed E-state index contributed by atoms with van der Waals surface area (Å²) < 4.78 is 5.67. The molecule has 3 rings (SSSR count). The van der Waals surface area contributed by atoms with Crippen molar-refractivity contribution in [3.8, 4) is 17.7 Å². The number of nitriles is 1. The molecule has 6 nitrogen and oxygen atoms in total. The molecule has 1 aliphatic carbocycles. The van der Waals surface area contributed by atoms with Crippen molar-refractivity contribution in [3.05, 3.63) is 48.2 Å². The Bertz CT molecular complexity index is 763. The van der Waals surface area contributed by atoms with Crippen LogP contribution < -0.4 is 15.4 Å². The summed E-state index contributed by atoms with van der Waals surface area (Å²) in [4.78, 5) is 16.1. The highest BCUT2D eigenvalue weighted by Gasteiger charge is 2.25. The Balaban J connectivity index is 1.62. The summed E-state index contributed by atoms with van der Waals surface area (Å²) in [6.07, 6.45) is 3.60. The molecule has 0 radical (unpaired) electrons. The van der Waals surface area contributed by atoms with Gasteiger partial charge in [-0.2, -0.15) is 5.26 Å². The molecule has 1 aromatic heterocycles. The van der Waals surface area contributed by atoms with Gasteiger partial charge in [0.25, 0.3) is 0 Å². The predicted molar refractivity (Wildman–Crippen MR) is 89.7 cm³/mol. The van der Waals surface area contributed by atoms with Crippen molar-refractivity contribution in [3.63, 3.8) is 0 Å². The molecule has 0 unspecified atom stereocenters. The molecule has 1 amide bonds. The van der Waals surface area contributed by atoms with E-state index in [9.17, 15) is 4.79 Å². The van der Waals surface area contributed by atoms with Crippen LogP contribution in [0.4, 0.5) is 5.69 Å². The first-order valence-corrected chi connectivity index (χ1v) is 7.85. The molecule has 2 aromatic rings. The smallest absolute Gasteiger partial charge is 0.242 e. The third-order valence-electron chi connectivity index (χ3n) is 3.62. The molecule has 24 heavy (non-hydrogen) atoms. The Kier molecular flexibility index (Phi) is 4.62. The SMILES string of the molecule is C[C@H](Nc1cccc(Oc2ccc(C#N)cn2)c1)C(=O)NC1CC1. The van der Waals surface area contributed by atoms with Gasteiger partial charge < -0.3 is 15.4 Å². The Morgan fingerprint density at radius 2 is 2.21 bits per heavy atom. The first kappa shape index (κ1) is 15.8. The number of anilines is 1. The van der Waals surface area contributed by atoms with Crippen molar-refractivity contribution in [2.75, 3.05) is 5.32 Å². The van der Waals surface area contributed by atoms with E-state index in [0.717, 1.165) is 18.5 Å². The van der Waals surface area contributed by atoms with Crippen LogP contribution in [-0.2, 0) is 4.79 Å². The lowest BCUT2D eigenvalue weighted by molar-refractivity contribution is -0.121. The maximum absolute atomic E-state index is 12.0. The Morgan fingerprint density at radius 1 is 1.38 bits per heavy atom. The number of nitrogens with zero attached hydrogens (tertiary/aromatic N) is 2. The standard InChI is InChI=1S/C18H18N4O2/c1-12(18(23)22-14-6-7-14)21-15-3-2-4-16(9-15)24-17-8-5-13(10-19)11-20-17/h2-5,8-9,11-12,14,21H,6-7H2,1H3,(H,22,23)/t12-/m0/s1. The highest BCUT2D eigenvalue weighted by molar-refractivity contribution is 5.84. The van der Waals surface area contributed by atoms with Gasteiger partial charge in [0.1, 0.15) is 17.9 Å². The zero-order chi connectivity index (χ0) is 16.9. The second kappa shape index (κ2) is 7.01. The molecule has 1 atom stereocenters. The molecule has 1 aliphatic rings. The van der Waals surface area contributed by atoms with Gasteiger partial charge in [-0.3, -0.25) is 4.79 Å². The molecule has 1 heterocycles. The van der Waals surface area contributed by atoms with Gasteiger partial charge in [-0.15, -0.1) is 0 Å². The van der Waals surface area contributed by atoms with Gasteiger partial charge >= 0.3 is 0 Å². The van der Waals surface area contributed by atoms with Gasteiger partial charge in [0.05, 0.1) is 5.56 Å². The molecule has 1 fully saturated rings. The quantitative estimate of drug-likeness (QED) is 0.854. The van der Waals surface area contributed by atoms with Gasteiger partial charge in [0.15, 0.2) is 0 Å². The number of rotatable bonds is 6. The molecule has 0 saturated heterocycles. The van der Waals surface area contributed by atoms with Crippen molar-refractivity contribution in [2.45, 2.75) is 31.8 Å². The number of carbonyl (C=O) groups is 1. The van der Waals surface area contributed by atoms with Crippen LogP contribution in [-0.4, -0.2) is 23.0 Å². The fraction of sp³-hybridized carbons (Fsp3) is 0.278.